The summed E-state index contributed by atoms with van der Waals surface area (Å²) in [5.41, 5.74) is 4.76. The van der Waals surface area contributed by atoms with Crippen molar-refractivity contribution < 1.29 is 14.3 Å². The van der Waals surface area contributed by atoms with Crippen LogP contribution in [-0.2, 0) is 11.3 Å². The molecule has 2 aromatic rings. The van der Waals surface area contributed by atoms with E-state index < -0.39 is 6.10 Å². The molecule has 0 aliphatic carbocycles. The summed E-state index contributed by atoms with van der Waals surface area (Å²) in [6.07, 6.45) is -0.980. The van der Waals surface area contributed by atoms with E-state index in [4.69, 9.17) is 9.47 Å². The summed E-state index contributed by atoms with van der Waals surface area (Å²) in [5, 5.41) is 2.99. The highest BCUT2D eigenvalue weighted by Gasteiger charge is 2.33. The van der Waals surface area contributed by atoms with Gasteiger partial charge >= 0.3 is 0 Å². The zero-order chi connectivity index (χ0) is 17.3. The van der Waals surface area contributed by atoms with Crippen molar-refractivity contribution in [3.63, 3.8) is 0 Å². The minimum absolute atomic E-state index is 0.156. The number of aryl methyl sites for hydroxylation is 3. The van der Waals surface area contributed by atoms with Gasteiger partial charge in [-0.3, -0.25) is 4.79 Å². The summed E-state index contributed by atoms with van der Waals surface area (Å²) in [6, 6.07) is 11.7. The Balaban J connectivity index is 1.70. The third-order valence-corrected chi connectivity index (χ3v) is 4.38. The summed E-state index contributed by atoms with van der Waals surface area (Å²) in [4.78, 5) is 12.6. The summed E-state index contributed by atoms with van der Waals surface area (Å²) in [7, 11) is 0. The third kappa shape index (κ3) is 3.23. The van der Waals surface area contributed by atoms with Crippen LogP contribution in [0.1, 0.15) is 29.2 Å². The van der Waals surface area contributed by atoms with Gasteiger partial charge in [-0.15, -0.1) is 0 Å². The average molecular weight is 325 g/mol. The maximum atomic E-state index is 12.6. The molecule has 0 unspecified atom stereocenters. The fourth-order valence-corrected chi connectivity index (χ4v) is 3.17. The number of fused-ring (bicyclic) bond motifs is 1. The Hall–Kier alpha value is -2.49. The van der Waals surface area contributed by atoms with E-state index in [1.54, 1.807) is 0 Å². The quantitative estimate of drug-likeness (QED) is 0.940. The van der Waals surface area contributed by atoms with Crippen molar-refractivity contribution in [2.24, 2.45) is 0 Å². The number of amides is 1. The number of benzene rings is 2. The standard InChI is InChI=1S/C20H23NO3/c1-12-9-13(2)16(14(3)10-12)11-21-20(22)19-15(4)23-17-7-5-6-8-18(17)24-19/h5-10,15,19H,11H2,1-4H3,(H,21,22)/t15-,19+/m1/s1. The lowest BCUT2D eigenvalue weighted by atomic mass is 10.00. The van der Waals surface area contributed by atoms with Crippen LogP contribution in [0.2, 0.25) is 0 Å². The van der Waals surface area contributed by atoms with Gasteiger partial charge in [0, 0.05) is 6.54 Å². The van der Waals surface area contributed by atoms with Gasteiger partial charge in [-0.05, 0) is 56.5 Å². The molecular formula is C20H23NO3. The number of carbonyl (C=O) groups is 1. The van der Waals surface area contributed by atoms with E-state index in [0.717, 1.165) is 5.56 Å². The number of para-hydroxylation sites is 2. The van der Waals surface area contributed by atoms with Crippen molar-refractivity contribution in [3.05, 3.63) is 58.7 Å². The van der Waals surface area contributed by atoms with E-state index in [9.17, 15) is 4.79 Å². The average Bonchev–Trinajstić information content (AvgIpc) is 2.53. The topological polar surface area (TPSA) is 47.6 Å². The molecule has 1 heterocycles. The highest BCUT2D eigenvalue weighted by Crippen LogP contribution is 2.33. The molecule has 4 nitrogen and oxygen atoms in total. The first-order valence-electron chi connectivity index (χ1n) is 8.22. The molecule has 1 aliphatic heterocycles. The smallest absolute Gasteiger partial charge is 0.265 e. The van der Waals surface area contributed by atoms with Crippen LogP contribution in [0.25, 0.3) is 0 Å². The van der Waals surface area contributed by atoms with Crippen molar-refractivity contribution in [2.45, 2.75) is 46.4 Å². The molecule has 1 aliphatic rings. The Morgan fingerprint density at radius 3 is 2.25 bits per heavy atom. The second kappa shape index (κ2) is 6.56. The van der Waals surface area contributed by atoms with Gasteiger partial charge in [-0.25, -0.2) is 0 Å². The monoisotopic (exact) mass is 325 g/mol. The minimum atomic E-state index is -0.647. The van der Waals surface area contributed by atoms with Crippen LogP contribution in [-0.4, -0.2) is 18.1 Å². The first kappa shape index (κ1) is 16.4. The Bertz CT molecular complexity index is 746. The SMILES string of the molecule is Cc1cc(C)c(CNC(=O)[C@H]2Oc3ccccc3O[C@@H]2C)c(C)c1. The predicted molar refractivity (Wildman–Crippen MR) is 93.4 cm³/mol. The van der Waals surface area contributed by atoms with Gasteiger partial charge in [0.1, 0.15) is 6.10 Å². The fraction of sp³-hybridized carbons (Fsp3) is 0.350. The van der Waals surface area contributed by atoms with Gasteiger partial charge in [-0.1, -0.05) is 29.8 Å². The summed E-state index contributed by atoms with van der Waals surface area (Å²) >= 11 is 0. The predicted octanol–water partition coefficient (Wildman–Crippen LogP) is 3.46. The van der Waals surface area contributed by atoms with Crippen LogP contribution in [0.15, 0.2) is 36.4 Å². The summed E-state index contributed by atoms with van der Waals surface area (Å²) < 4.78 is 11.6. The van der Waals surface area contributed by atoms with E-state index in [1.165, 1.54) is 16.7 Å². The Kier molecular flexibility index (Phi) is 4.47. The van der Waals surface area contributed by atoms with Gasteiger partial charge in [0.05, 0.1) is 0 Å². The van der Waals surface area contributed by atoms with E-state index in [2.05, 4.69) is 38.2 Å². The number of rotatable bonds is 3. The number of hydrogen-bond donors (Lipinski definition) is 1. The van der Waals surface area contributed by atoms with Crippen LogP contribution in [0.3, 0.4) is 0 Å². The molecule has 4 heteroatoms. The molecule has 0 saturated heterocycles. The third-order valence-electron chi connectivity index (χ3n) is 4.38. The van der Waals surface area contributed by atoms with Crippen molar-refractivity contribution >= 4 is 5.91 Å². The molecule has 0 bridgehead atoms. The molecule has 1 amide bonds. The first-order chi connectivity index (χ1) is 11.5. The lowest BCUT2D eigenvalue weighted by Crippen LogP contribution is -2.48. The molecular weight excluding hydrogens is 302 g/mol. The van der Waals surface area contributed by atoms with Gasteiger partial charge in [0.15, 0.2) is 11.5 Å². The Labute approximate surface area is 142 Å². The number of carbonyl (C=O) groups excluding carboxylic acids is 1. The van der Waals surface area contributed by atoms with Crippen molar-refractivity contribution in [2.75, 3.05) is 0 Å². The van der Waals surface area contributed by atoms with E-state index in [0.29, 0.717) is 18.0 Å². The van der Waals surface area contributed by atoms with Crippen molar-refractivity contribution in [1.29, 1.82) is 0 Å². The molecule has 24 heavy (non-hydrogen) atoms. The second-order valence-corrected chi connectivity index (χ2v) is 6.40. The molecule has 0 spiro atoms. The maximum Gasteiger partial charge on any atom is 0.265 e. The van der Waals surface area contributed by atoms with Gasteiger partial charge in [0.25, 0.3) is 5.91 Å². The molecule has 3 rings (SSSR count). The lowest BCUT2D eigenvalue weighted by molar-refractivity contribution is -0.133. The Morgan fingerprint density at radius 2 is 1.62 bits per heavy atom. The van der Waals surface area contributed by atoms with Gasteiger partial charge < -0.3 is 14.8 Å². The van der Waals surface area contributed by atoms with E-state index >= 15 is 0 Å². The normalized spacial score (nSPS) is 19.0. The van der Waals surface area contributed by atoms with Crippen LogP contribution >= 0.6 is 0 Å². The molecule has 2 aromatic carbocycles. The molecule has 0 fully saturated rings. The van der Waals surface area contributed by atoms with Crippen LogP contribution < -0.4 is 14.8 Å². The largest absolute Gasteiger partial charge is 0.482 e. The van der Waals surface area contributed by atoms with E-state index in [1.807, 2.05) is 31.2 Å². The van der Waals surface area contributed by atoms with Gasteiger partial charge in [0.2, 0.25) is 6.10 Å². The number of nitrogens with one attached hydrogen (secondary N) is 1. The van der Waals surface area contributed by atoms with Crippen LogP contribution in [0, 0.1) is 20.8 Å². The molecule has 0 aromatic heterocycles. The minimum Gasteiger partial charge on any atom is -0.482 e. The van der Waals surface area contributed by atoms with Crippen molar-refractivity contribution in [3.8, 4) is 11.5 Å². The molecule has 0 saturated carbocycles. The lowest BCUT2D eigenvalue weighted by Gasteiger charge is -2.31. The van der Waals surface area contributed by atoms with Gasteiger partial charge in [-0.2, -0.15) is 0 Å². The number of ether oxygens (including phenoxy) is 2. The van der Waals surface area contributed by atoms with E-state index in [-0.39, 0.29) is 12.0 Å². The zero-order valence-electron chi connectivity index (χ0n) is 14.6. The molecule has 1 N–H and O–H groups in total. The zero-order valence-corrected chi connectivity index (χ0v) is 14.6. The van der Waals surface area contributed by atoms with Crippen molar-refractivity contribution in [1.82, 2.24) is 5.32 Å². The van der Waals surface area contributed by atoms with Crippen LogP contribution in [0.4, 0.5) is 0 Å². The highest BCUT2D eigenvalue weighted by molar-refractivity contribution is 5.82. The summed E-state index contributed by atoms with van der Waals surface area (Å²) in [5.74, 6) is 1.13. The highest BCUT2D eigenvalue weighted by atomic mass is 16.6. The molecule has 126 valence electrons. The first-order valence-corrected chi connectivity index (χ1v) is 8.22. The maximum absolute atomic E-state index is 12.6. The molecule has 0 radical (unpaired) electrons. The number of hydrogen-bond acceptors (Lipinski definition) is 3. The second-order valence-electron chi connectivity index (χ2n) is 6.40. The fourth-order valence-electron chi connectivity index (χ4n) is 3.17. The summed E-state index contributed by atoms with van der Waals surface area (Å²) in [6.45, 7) is 8.56. The Morgan fingerprint density at radius 1 is 1.04 bits per heavy atom. The van der Waals surface area contributed by atoms with Crippen LogP contribution in [0.5, 0.6) is 11.5 Å². The molecule has 2 atom stereocenters.